The van der Waals surface area contributed by atoms with Crippen LogP contribution in [0.4, 0.5) is 0 Å². The maximum absolute atomic E-state index is 5.52. The summed E-state index contributed by atoms with van der Waals surface area (Å²) in [6.45, 7) is 1.57. The topological polar surface area (TPSA) is 48.9 Å². The number of nitrogens with one attached hydrogen (secondary N) is 2. The third kappa shape index (κ3) is 7.38. The number of benzene rings is 2. The first kappa shape index (κ1) is 23.2. The van der Waals surface area contributed by atoms with Gasteiger partial charge in [0.1, 0.15) is 5.75 Å². The Balaban J connectivity index is 0.00000364. The second-order valence-corrected chi connectivity index (χ2v) is 6.34. The van der Waals surface area contributed by atoms with Crippen molar-refractivity contribution in [2.45, 2.75) is 12.5 Å². The average molecular weight is 482 g/mol. The van der Waals surface area contributed by atoms with Gasteiger partial charge in [0, 0.05) is 25.7 Å². The Morgan fingerprint density at radius 1 is 1.04 bits per heavy atom. The summed E-state index contributed by atoms with van der Waals surface area (Å²) >= 11 is 0. The van der Waals surface area contributed by atoms with Gasteiger partial charge in [0.25, 0.3) is 0 Å². The number of para-hydroxylation sites is 1. The number of methoxy groups -OCH3 is 1. The molecule has 0 aliphatic rings. The van der Waals surface area contributed by atoms with E-state index < -0.39 is 0 Å². The highest BCUT2D eigenvalue weighted by molar-refractivity contribution is 14.0. The lowest BCUT2D eigenvalue weighted by Crippen LogP contribution is -2.42. The molecular formula is C21H31IN4O. The summed E-state index contributed by atoms with van der Waals surface area (Å²) in [6, 6.07) is 18.8. The van der Waals surface area contributed by atoms with Crippen LogP contribution in [0, 0.1) is 0 Å². The lowest BCUT2D eigenvalue weighted by atomic mass is 10.0. The maximum atomic E-state index is 5.52. The highest BCUT2D eigenvalue weighted by atomic mass is 127. The highest BCUT2D eigenvalue weighted by Crippen LogP contribution is 2.27. The highest BCUT2D eigenvalue weighted by Gasteiger charge is 2.18. The molecule has 0 aliphatic carbocycles. The van der Waals surface area contributed by atoms with Crippen molar-refractivity contribution in [2.75, 3.05) is 41.3 Å². The van der Waals surface area contributed by atoms with Crippen molar-refractivity contribution in [3.8, 4) is 5.75 Å². The van der Waals surface area contributed by atoms with E-state index in [1.165, 1.54) is 5.56 Å². The molecule has 0 aromatic heterocycles. The van der Waals surface area contributed by atoms with Gasteiger partial charge in [0.05, 0.1) is 13.2 Å². The summed E-state index contributed by atoms with van der Waals surface area (Å²) in [5.41, 5.74) is 2.47. The number of hydrogen-bond acceptors (Lipinski definition) is 3. The van der Waals surface area contributed by atoms with Gasteiger partial charge in [-0.1, -0.05) is 48.5 Å². The van der Waals surface area contributed by atoms with Crippen molar-refractivity contribution in [3.05, 3.63) is 65.7 Å². The molecule has 0 amide bonds. The van der Waals surface area contributed by atoms with E-state index in [1.807, 2.05) is 24.3 Å². The molecule has 6 heteroatoms. The van der Waals surface area contributed by atoms with E-state index in [0.29, 0.717) is 0 Å². The third-order valence-corrected chi connectivity index (χ3v) is 4.36. The van der Waals surface area contributed by atoms with E-state index in [-0.39, 0.29) is 30.0 Å². The monoisotopic (exact) mass is 482 g/mol. The molecule has 0 saturated carbocycles. The number of ether oxygens (including phenoxy) is 1. The van der Waals surface area contributed by atoms with E-state index in [1.54, 1.807) is 14.2 Å². The van der Waals surface area contributed by atoms with Crippen LogP contribution in [-0.2, 0) is 6.42 Å². The van der Waals surface area contributed by atoms with Crippen molar-refractivity contribution >= 4 is 29.9 Å². The van der Waals surface area contributed by atoms with Crippen LogP contribution in [0.15, 0.2) is 59.6 Å². The van der Waals surface area contributed by atoms with Crippen molar-refractivity contribution < 1.29 is 4.74 Å². The van der Waals surface area contributed by atoms with Crippen LogP contribution >= 0.6 is 24.0 Å². The molecule has 0 bridgehead atoms. The standard InChI is InChI=1S/C21H30N4O.HI/c1-22-21(23-15-14-17-10-6-5-7-11-17)24-16-19(25(2)3)18-12-8-9-13-20(18)26-4;/h5-13,19H,14-16H2,1-4H3,(H2,22,23,24);1H. The summed E-state index contributed by atoms with van der Waals surface area (Å²) in [5, 5.41) is 6.81. The van der Waals surface area contributed by atoms with Gasteiger partial charge in [0.15, 0.2) is 5.96 Å². The van der Waals surface area contributed by atoms with Gasteiger partial charge < -0.3 is 20.3 Å². The lowest BCUT2D eigenvalue weighted by molar-refractivity contribution is 0.288. The van der Waals surface area contributed by atoms with Gasteiger partial charge in [-0.3, -0.25) is 4.99 Å². The smallest absolute Gasteiger partial charge is 0.191 e. The zero-order valence-electron chi connectivity index (χ0n) is 16.6. The van der Waals surface area contributed by atoms with Gasteiger partial charge in [0.2, 0.25) is 0 Å². The fraction of sp³-hybridized carbons (Fsp3) is 0.381. The van der Waals surface area contributed by atoms with Crippen LogP contribution in [0.2, 0.25) is 0 Å². The maximum Gasteiger partial charge on any atom is 0.191 e. The Morgan fingerprint density at radius 3 is 2.33 bits per heavy atom. The summed E-state index contributed by atoms with van der Waals surface area (Å²) in [7, 11) is 7.66. The van der Waals surface area contributed by atoms with Crippen LogP contribution in [0.1, 0.15) is 17.2 Å². The molecule has 2 rings (SSSR count). The van der Waals surface area contributed by atoms with Crippen LogP contribution in [0.5, 0.6) is 5.75 Å². The molecule has 0 spiro atoms. The molecule has 0 heterocycles. The number of hydrogen-bond donors (Lipinski definition) is 2. The minimum atomic E-state index is 0. The molecule has 0 aliphatic heterocycles. The predicted octanol–water partition coefficient (Wildman–Crippen LogP) is 3.32. The van der Waals surface area contributed by atoms with E-state index in [2.05, 4.69) is 65.0 Å². The third-order valence-electron chi connectivity index (χ3n) is 4.36. The molecule has 5 nitrogen and oxygen atoms in total. The van der Waals surface area contributed by atoms with Crippen molar-refractivity contribution in [1.29, 1.82) is 0 Å². The van der Waals surface area contributed by atoms with Gasteiger partial charge in [-0.05, 0) is 32.1 Å². The number of guanidine groups is 1. The second-order valence-electron chi connectivity index (χ2n) is 6.34. The minimum absolute atomic E-state index is 0. The Hall–Kier alpha value is -1.80. The summed E-state index contributed by atoms with van der Waals surface area (Å²) in [6.07, 6.45) is 0.963. The van der Waals surface area contributed by atoms with Gasteiger partial charge in [-0.2, -0.15) is 0 Å². The molecule has 1 atom stereocenters. The molecule has 2 N–H and O–H groups in total. The van der Waals surface area contributed by atoms with E-state index in [0.717, 1.165) is 36.8 Å². The summed E-state index contributed by atoms with van der Waals surface area (Å²) < 4.78 is 5.52. The zero-order chi connectivity index (χ0) is 18.8. The van der Waals surface area contributed by atoms with Crippen LogP contribution in [0.25, 0.3) is 0 Å². The molecule has 27 heavy (non-hydrogen) atoms. The fourth-order valence-electron chi connectivity index (χ4n) is 2.90. The summed E-state index contributed by atoms with van der Waals surface area (Å²) in [4.78, 5) is 6.51. The fourth-order valence-corrected chi connectivity index (χ4v) is 2.90. The number of likely N-dealkylation sites (N-methyl/N-ethyl adjacent to an activating group) is 1. The molecular weight excluding hydrogens is 451 g/mol. The summed E-state index contributed by atoms with van der Waals surface area (Å²) in [5.74, 6) is 1.71. The first-order valence-electron chi connectivity index (χ1n) is 8.93. The molecule has 1 unspecified atom stereocenters. The van der Waals surface area contributed by atoms with E-state index in [9.17, 15) is 0 Å². The van der Waals surface area contributed by atoms with Crippen LogP contribution < -0.4 is 15.4 Å². The second kappa shape index (κ2) is 12.6. The number of aliphatic imine (C=N–C) groups is 1. The molecule has 2 aromatic rings. The first-order chi connectivity index (χ1) is 12.7. The lowest BCUT2D eigenvalue weighted by Gasteiger charge is -2.27. The Kier molecular flexibility index (Phi) is 10.8. The normalized spacial score (nSPS) is 12.3. The first-order valence-corrected chi connectivity index (χ1v) is 8.93. The van der Waals surface area contributed by atoms with Gasteiger partial charge in [-0.15, -0.1) is 24.0 Å². The minimum Gasteiger partial charge on any atom is -0.496 e. The number of nitrogens with zero attached hydrogens (tertiary/aromatic N) is 2. The molecule has 2 aromatic carbocycles. The zero-order valence-corrected chi connectivity index (χ0v) is 18.9. The van der Waals surface area contributed by atoms with Crippen molar-refractivity contribution in [2.24, 2.45) is 4.99 Å². The Bertz CT molecular complexity index is 692. The Morgan fingerprint density at radius 2 is 1.70 bits per heavy atom. The SMILES string of the molecule is CN=C(NCCc1ccccc1)NCC(c1ccccc1OC)N(C)C.I. The Labute approximate surface area is 180 Å². The van der Waals surface area contributed by atoms with Crippen molar-refractivity contribution in [1.82, 2.24) is 15.5 Å². The van der Waals surface area contributed by atoms with Crippen LogP contribution in [0.3, 0.4) is 0 Å². The molecule has 0 saturated heterocycles. The van der Waals surface area contributed by atoms with Crippen molar-refractivity contribution in [3.63, 3.8) is 0 Å². The van der Waals surface area contributed by atoms with E-state index >= 15 is 0 Å². The quantitative estimate of drug-likeness (QED) is 0.345. The van der Waals surface area contributed by atoms with Gasteiger partial charge >= 0.3 is 0 Å². The number of halogens is 1. The average Bonchev–Trinajstić information content (AvgIpc) is 2.67. The largest absolute Gasteiger partial charge is 0.496 e. The van der Waals surface area contributed by atoms with Gasteiger partial charge in [-0.25, -0.2) is 0 Å². The molecule has 0 radical (unpaired) electrons. The molecule has 0 fully saturated rings. The predicted molar refractivity (Wildman–Crippen MR) is 124 cm³/mol. The molecule has 148 valence electrons. The van der Waals surface area contributed by atoms with E-state index in [4.69, 9.17) is 4.74 Å². The van der Waals surface area contributed by atoms with Crippen LogP contribution in [-0.4, -0.2) is 52.2 Å². The number of rotatable bonds is 8.